The molecule has 2 atom stereocenters. The van der Waals surface area contributed by atoms with Gasteiger partial charge in [-0.3, -0.25) is 14.3 Å². The van der Waals surface area contributed by atoms with Gasteiger partial charge in [0.25, 0.3) is 5.91 Å². The van der Waals surface area contributed by atoms with Crippen molar-refractivity contribution in [1.82, 2.24) is 14.7 Å². The largest absolute Gasteiger partial charge is 0.438 e. The minimum atomic E-state index is -0.668. The lowest BCUT2D eigenvalue weighted by Gasteiger charge is -2.39. The van der Waals surface area contributed by atoms with Crippen LogP contribution in [0.1, 0.15) is 43.5 Å². The molecule has 2 aromatic heterocycles. The number of H-pyrrole nitrogens is 1. The maximum atomic E-state index is 14.0. The number of rotatable bonds is 5. The Morgan fingerprint density at radius 3 is 2.57 bits per heavy atom. The monoisotopic (exact) mass is 501 g/mol. The van der Waals surface area contributed by atoms with E-state index in [1.165, 1.54) is 0 Å². The Labute approximate surface area is 214 Å². The molecule has 0 radical (unpaired) electrons. The van der Waals surface area contributed by atoms with Gasteiger partial charge in [-0.1, -0.05) is 30.3 Å². The Morgan fingerprint density at radius 2 is 1.92 bits per heavy atom. The molecule has 3 heterocycles. The number of nitrogens with zero attached hydrogens (tertiary/aromatic N) is 4. The van der Waals surface area contributed by atoms with Gasteiger partial charge in [0.1, 0.15) is 11.2 Å². The summed E-state index contributed by atoms with van der Waals surface area (Å²) in [5.74, 6) is -0.146. The van der Waals surface area contributed by atoms with Crippen molar-refractivity contribution in [3.05, 3.63) is 76.7 Å². The molecule has 1 amide bonds. The number of para-hydroxylation sites is 1. The van der Waals surface area contributed by atoms with Gasteiger partial charge in [0, 0.05) is 42.4 Å². The molecule has 2 aliphatic rings. The van der Waals surface area contributed by atoms with Crippen molar-refractivity contribution in [2.45, 2.75) is 38.3 Å². The normalized spacial score (nSPS) is 22.8. The van der Waals surface area contributed by atoms with Gasteiger partial charge in [-0.2, -0.15) is 0 Å². The van der Waals surface area contributed by atoms with Crippen molar-refractivity contribution in [3.63, 3.8) is 0 Å². The molecule has 9 nitrogen and oxygen atoms in total. The number of fused-ring (bicyclic) bond motifs is 1. The van der Waals surface area contributed by atoms with Crippen LogP contribution >= 0.6 is 0 Å². The summed E-state index contributed by atoms with van der Waals surface area (Å²) in [6, 6.07) is 17.8. The van der Waals surface area contributed by atoms with Crippen molar-refractivity contribution >= 4 is 28.2 Å². The molecule has 1 aliphatic heterocycles. The fourth-order valence-corrected chi connectivity index (χ4v) is 5.74. The van der Waals surface area contributed by atoms with Gasteiger partial charge in [-0.15, -0.1) is 0 Å². The number of anilines is 2. The van der Waals surface area contributed by atoms with Gasteiger partial charge >= 0.3 is 5.76 Å². The fraction of sp³-hybridized carbons (Fsp3) is 0.393. The maximum Gasteiger partial charge on any atom is 0.438 e. The second-order valence-corrected chi connectivity index (χ2v) is 10.8. The molecule has 2 fully saturated rings. The van der Waals surface area contributed by atoms with Gasteiger partial charge in [-0.05, 0) is 62.6 Å². The number of carbonyl (C=O) groups is 1. The Bertz CT molecular complexity index is 1530. The number of morpholine rings is 1. The third kappa shape index (κ3) is 3.85. The predicted molar refractivity (Wildman–Crippen MR) is 141 cm³/mol. The second kappa shape index (κ2) is 8.34. The van der Waals surface area contributed by atoms with Gasteiger partial charge in [-0.25, -0.2) is 4.79 Å². The lowest BCUT2D eigenvalue weighted by atomic mass is 10.1. The standard InChI is InChI=1S/C28H31N5O4/c1-18-16-28(18,25-29-26(35)37-30-25)33-22-11-10-21(32-12-13-36-27(2,3)17-32)14-19(22)15-23(33)24(34)31(4)20-8-6-5-7-9-20/h5-11,14-15,18H,12-13,16-17H2,1-4H3,(H,29,30,35)/t18-,28-/m0/s1. The first-order chi connectivity index (χ1) is 17.7. The predicted octanol–water partition coefficient (Wildman–Crippen LogP) is 3.99. The summed E-state index contributed by atoms with van der Waals surface area (Å²) >= 11 is 0. The number of aromatic nitrogens is 3. The molecule has 4 aromatic rings. The molecule has 192 valence electrons. The molecule has 6 rings (SSSR count). The maximum absolute atomic E-state index is 14.0. The smallest absolute Gasteiger partial charge is 0.372 e. The van der Waals surface area contributed by atoms with Gasteiger partial charge < -0.3 is 19.1 Å². The number of hydrogen-bond acceptors (Lipinski definition) is 6. The second-order valence-electron chi connectivity index (χ2n) is 10.8. The van der Waals surface area contributed by atoms with E-state index in [-0.39, 0.29) is 17.4 Å². The van der Waals surface area contributed by atoms with E-state index in [0.717, 1.165) is 41.8 Å². The summed E-state index contributed by atoms with van der Waals surface area (Å²) < 4.78 is 12.8. The van der Waals surface area contributed by atoms with E-state index in [9.17, 15) is 9.59 Å². The molecule has 0 unspecified atom stereocenters. The van der Waals surface area contributed by atoms with E-state index < -0.39 is 11.3 Å². The average molecular weight is 502 g/mol. The number of amides is 1. The Morgan fingerprint density at radius 1 is 1.16 bits per heavy atom. The van der Waals surface area contributed by atoms with E-state index in [1.54, 1.807) is 11.9 Å². The van der Waals surface area contributed by atoms with E-state index in [1.807, 2.05) is 36.4 Å². The number of hydrogen-bond donors (Lipinski definition) is 1. The highest BCUT2D eigenvalue weighted by molar-refractivity contribution is 6.08. The Kier molecular flexibility index (Phi) is 5.31. The highest BCUT2D eigenvalue weighted by atomic mass is 16.5. The van der Waals surface area contributed by atoms with Crippen molar-refractivity contribution in [3.8, 4) is 0 Å². The lowest BCUT2D eigenvalue weighted by Crippen LogP contribution is -2.48. The number of carbonyl (C=O) groups excluding carboxylic acids is 1. The minimum Gasteiger partial charge on any atom is -0.372 e. The van der Waals surface area contributed by atoms with Crippen LogP contribution in [0.15, 0.2) is 63.9 Å². The van der Waals surface area contributed by atoms with Crippen molar-refractivity contribution in [2.24, 2.45) is 5.92 Å². The van der Waals surface area contributed by atoms with Crippen LogP contribution in [0.25, 0.3) is 10.9 Å². The van der Waals surface area contributed by atoms with Crippen molar-refractivity contribution in [1.29, 1.82) is 0 Å². The number of ether oxygens (including phenoxy) is 1. The van der Waals surface area contributed by atoms with Crippen molar-refractivity contribution in [2.75, 3.05) is 36.5 Å². The molecule has 1 aliphatic carbocycles. The van der Waals surface area contributed by atoms with Crippen LogP contribution in [0, 0.1) is 5.92 Å². The molecule has 1 N–H and O–H groups in total. The van der Waals surface area contributed by atoms with E-state index >= 15 is 0 Å². The van der Waals surface area contributed by atoms with Gasteiger partial charge in [0.15, 0.2) is 5.82 Å². The fourth-order valence-electron chi connectivity index (χ4n) is 5.74. The lowest BCUT2D eigenvalue weighted by molar-refractivity contribution is -0.0276. The topological polar surface area (TPSA) is 96.6 Å². The number of nitrogens with one attached hydrogen (secondary N) is 1. The molecule has 0 bridgehead atoms. The molecule has 0 spiro atoms. The zero-order valence-corrected chi connectivity index (χ0v) is 21.5. The SMILES string of the molecule is C[C@H]1C[C@]1(c1noc(=O)[nH]1)n1c(C(=O)N(C)c2ccccc2)cc2cc(N3CCOC(C)(C)C3)ccc21. The minimum absolute atomic E-state index is 0.138. The summed E-state index contributed by atoms with van der Waals surface area (Å²) in [7, 11) is 1.78. The van der Waals surface area contributed by atoms with Crippen LogP contribution < -0.4 is 15.6 Å². The molecular formula is C28H31N5O4. The summed E-state index contributed by atoms with van der Waals surface area (Å²) in [4.78, 5) is 32.6. The van der Waals surface area contributed by atoms with Crippen LogP contribution in [0.2, 0.25) is 0 Å². The third-order valence-corrected chi connectivity index (χ3v) is 7.77. The molecule has 9 heteroatoms. The van der Waals surface area contributed by atoms with Crippen LogP contribution in [-0.2, 0) is 10.3 Å². The first-order valence-electron chi connectivity index (χ1n) is 12.6. The zero-order valence-electron chi connectivity index (χ0n) is 21.5. The van der Waals surface area contributed by atoms with E-state index in [2.05, 4.69) is 58.6 Å². The van der Waals surface area contributed by atoms with E-state index in [4.69, 9.17) is 9.26 Å². The molecule has 37 heavy (non-hydrogen) atoms. The molecular weight excluding hydrogens is 470 g/mol. The molecule has 1 saturated heterocycles. The average Bonchev–Trinajstić information content (AvgIpc) is 3.19. The van der Waals surface area contributed by atoms with Crippen LogP contribution in [-0.4, -0.2) is 53.0 Å². The number of benzene rings is 2. The summed E-state index contributed by atoms with van der Waals surface area (Å²) in [6.07, 6.45) is 0.730. The van der Waals surface area contributed by atoms with Crippen LogP contribution in [0.5, 0.6) is 0 Å². The summed E-state index contributed by atoms with van der Waals surface area (Å²) in [6.45, 7) is 8.54. The van der Waals surface area contributed by atoms with Crippen molar-refractivity contribution < 1.29 is 14.1 Å². The third-order valence-electron chi connectivity index (χ3n) is 7.77. The highest BCUT2D eigenvalue weighted by Gasteiger charge is 2.59. The van der Waals surface area contributed by atoms with Gasteiger partial charge in [0.2, 0.25) is 0 Å². The van der Waals surface area contributed by atoms with Gasteiger partial charge in [0.05, 0.1) is 12.2 Å². The first-order valence-corrected chi connectivity index (χ1v) is 12.6. The molecule has 2 aromatic carbocycles. The Balaban J connectivity index is 1.51. The number of aromatic amines is 1. The van der Waals surface area contributed by atoms with Crippen LogP contribution in [0.3, 0.4) is 0 Å². The van der Waals surface area contributed by atoms with Crippen LogP contribution in [0.4, 0.5) is 11.4 Å². The summed E-state index contributed by atoms with van der Waals surface area (Å²) in [5, 5.41) is 5.02. The zero-order chi connectivity index (χ0) is 25.9. The first kappa shape index (κ1) is 23.5. The van der Waals surface area contributed by atoms with E-state index in [0.29, 0.717) is 18.1 Å². The summed E-state index contributed by atoms with van der Waals surface area (Å²) in [5.41, 5.74) is 2.44. The molecule has 1 saturated carbocycles. The highest BCUT2D eigenvalue weighted by Crippen LogP contribution is 2.56. The quantitative estimate of drug-likeness (QED) is 0.444. The Hall–Kier alpha value is -3.85.